The van der Waals surface area contributed by atoms with E-state index in [2.05, 4.69) is 10.3 Å². The number of aromatic nitrogens is 2. The number of rotatable bonds is 6. The van der Waals surface area contributed by atoms with Gasteiger partial charge in [-0.25, -0.2) is 4.98 Å². The van der Waals surface area contributed by atoms with E-state index in [1.165, 1.54) is 22.2 Å². The van der Waals surface area contributed by atoms with Crippen LogP contribution in [0.3, 0.4) is 0 Å². The smallest absolute Gasteiger partial charge is 0.271 e. The van der Waals surface area contributed by atoms with Crippen molar-refractivity contribution >= 4 is 27.5 Å². The van der Waals surface area contributed by atoms with Gasteiger partial charge < -0.3 is 10.1 Å². The molecule has 1 amide bonds. The second-order valence-corrected chi connectivity index (χ2v) is 7.55. The van der Waals surface area contributed by atoms with Crippen LogP contribution in [-0.2, 0) is 17.9 Å². The van der Waals surface area contributed by atoms with Crippen LogP contribution in [0.4, 0.5) is 0 Å². The lowest BCUT2D eigenvalue weighted by atomic mass is 10.2. The summed E-state index contributed by atoms with van der Waals surface area (Å²) in [5.41, 5.74) is 2.41. The van der Waals surface area contributed by atoms with Crippen molar-refractivity contribution in [3.05, 3.63) is 82.9 Å². The molecule has 7 heteroatoms. The molecular weight excluding hydrogens is 386 g/mol. The maximum absolute atomic E-state index is 12.8. The van der Waals surface area contributed by atoms with E-state index in [-0.39, 0.29) is 18.0 Å². The number of ether oxygens (including phenoxy) is 1. The Kier molecular flexibility index (Phi) is 5.39. The van der Waals surface area contributed by atoms with Gasteiger partial charge in [-0.1, -0.05) is 30.3 Å². The van der Waals surface area contributed by atoms with Crippen LogP contribution in [0.15, 0.2) is 71.8 Å². The zero-order valence-electron chi connectivity index (χ0n) is 15.8. The average Bonchev–Trinajstić information content (AvgIpc) is 3.20. The van der Waals surface area contributed by atoms with Crippen molar-refractivity contribution in [1.82, 2.24) is 14.9 Å². The van der Waals surface area contributed by atoms with Crippen molar-refractivity contribution in [2.75, 3.05) is 7.11 Å². The molecule has 1 N–H and O–H groups in total. The first kappa shape index (κ1) is 18.9. The number of amides is 1. The molecule has 0 spiro atoms. The lowest BCUT2D eigenvalue weighted by molar-refractivity contribution is -0.121. The number of benzene rings is 2. The van der Waals surface area contributed by atoms with Crippen molar-refractivity contribution in [3.63, 3.8) is 0 Å². The number of nitrogens with one attached hydrogen (secondary N) is 1. The number of hydrogen-bond acceptors (Lipinski definition) is 5. The van der Waals surface area contributed by atoms with Gasteiger partial charge in [-0.3, -0.25) is 14.2 Å². The largest absolute Gasteiger partial charge is 0.497 e. The Hall–Kier alpha value is -3.45. The molecule has 0 aliphatic heterocycles. The van der Waals surface area contributed by atoms with Gasteiger partial charge in [0, 0.05) is 11.4 Å². The molecule has 2 heterocycles. The van der Waals surface area contributed by atoms with Gasteiger partial charge in [0.1, 0.15) is 17.0 Å². The highest BCUT2D eigenvalue weighted by molar-refractivity contribution is 7.22. The average molecular weight is 405 g/mol. The Morgan fingerprint density at radius 1 is 1.14 bits per heavy atom. The fraction of sp³-hybridized carbons (Fsp3) is 0.136. The highest BCUT2D eigenvalue weighted by Crippen LogP contribution is 2.31. The zero-order valence-corrected chi connectivity index (χ0v) is 16.6. The summed E-state index contributed by atoms with van der Waals surface area (Å²) in [4.78, 5) is 30.4. The molecule has 29 heavy (non-hydrogen) atoms. The highest BCUT2D eigenvalue weighted by Gasteiger charge is 2.12. The molecule has 2 aromatic carbocycles. The molecular formula is C22H19N3O3S. The van der Waals surface area contributed by atoms with Gasteiger partial charge in [-0.2, -0.15) is 0 Å². The van der Waals surface area contributed by atoms with Gasteiger partial charge in [0.15, 0.2) is 0 Å². The van der Waals surface area contributed by atoms with Gasteiger partial charge >= 0.3 is 0 Å². The van der Waals surface area contributed by atoms with Crippen LogP contribution in [0.25, 0.3) is 20.7 Å². The van der Waals surface area contributed by atoms with Gasteiger partial charge in [-0.05, 0) is 41.5 Å². The zero-order chi connectivity index (χ0) is 20.2. The second kappa shape index (κ2) is 8.28. The molecule has 146 valence electrons. The summed E-state index contributed by atoms with van der Waals surface area (Å²) >= 11 is 1.37. The lowest BCUT2D eigenvalue weighted by Gasteiger charge is -2.07. The van der Waals surface area contributed by atoms with Crippen LogP contribution >= 0.6 is 11.3 Å². The topological polar surface area (TPSA) is 73.2 Å². The minimum Gasteiger partial charge on any atom is -0.497 e. The number of carbonyl (C=O) groups is 1. The predicted octanol–water partition coefficient (Wildman–Crippen LogP) is 3.45. The third kappa shape index (κ3) is 4.20. The van der Waals surface area contributed by atoms with Gasteiger partial charge in [0.05, 0.1) is 19.0 Å². The quantitative estimate of drug-likeness (QED) is 0.533. The summed E-state index contributed by atoms with van der Waals surface area (Å²) in [7, 11) is 1.62. The minimum atomic E-state index is -0.232. The van der Waals surface area contributed by atoms with E-state index in [1.807, 2.05) is 60.7 Å². The van der Waals surface area contributed by atoms with Gasteiger partial charge in [0.25, 0.3) is 5.56 Å². The molecule has 0 saturated carbocycles. The number of nitrogens with zero attached hydrogens (tertiary/aromatic N) is 2. The normalized spacial score (nSPS) is 10.8. The third-order valence-corrected chi connectivity index (χ3v) is 5.69. The Morgan fingerprint density at radius 3 is 2.62 bits per heavy atom. The molecule has 0 aliphatic carbocycles. The van der Waals surface area contributed by atoms with Crippen LogP contribution in [0.2, 0.25) is 0 Å². The second-order valence-electron chi connectivity index (χ2n) is 6.49. The molecule has 2 aromatic heterocycles. The van der Waals surface area contributed by atoms with Crippen molar-refractivity contribution in [2.45, 2.75) is 13.1 Å². The Balaban J connectivity index is 1.52. The maximum Gasteiger partial charge on any atom is 0.271 e. The molecule has 6 nitrogen and oxygen atoms in total. The first-order valence-electron chi connectivity index (χ1n) is 9.08. The van der Waals surface area contributed by atoms with Crippen LogP contribution < -0.4 is 15.6 Å². The summed E-state index contributed by atoms with van der Waals surface area (Å²) in [6, 6.07) is 19.2. The summed E-state index contributed by atoms with van der Waals surface area (Å²) in [5, 5.41) is 2.83. The van der Waals surface area contributed by atoms with E-state index in [0.29, 0.717) is 16.8 Å². The fourth-order valence-corrected chi connectivity index (χ4v) is 4.03. The molecule has 0 atom stereocenters. The predicted molar refractivity (Wildman–Crippen MR) is 114 cm³/mol. The monoisotopic (exact) mass is 405 g/mol. The molecule has 4 aromatic rings. The van der Waals surface area contributed by atoms with E-state index >= 15 is 0 Å². The van der Waals surface area contributed by atoms with Gasteiger partial charge in [0.2, 0.25) is 5.91 Å². The molecule has 0 fully saturated rings. The van der Waals surface area contributed by atoms with E-state index in [4.69, 9.17) is 4.74 Å². The Bertz CT molecular complexity index is 1200. The SMILES string of the molecule is COc1ccc(-c2cc3ncn(CC(=O)NCc4ccccc4)c(=O)c3s2)cc1. The van der Waals surface area contributed by atoms with Crippen LogP contribution in [0, 0.1) is 0 Å². The van der Waals surface area contributed by atoms with Gasteiger partial charge in [-0.15, -0.1) is 11.3 Å². The van der Waals surface area contributed by atoms with Crippen molar-refractivity contribution in [1.29, 1.82) is 0 Å². The molecule has 0 saturated heterocycles. The number of methoxy groups -OCH3 is 1. The summed E-state index contributed by atoms with van der Waals surface area (Å²) in [6.07, 6.45) is 1.43. The van der Waals surface area contributed by atoms with E-state index in [9.17, 15) is 9.59 Å². The molecule has 0 aliphatic rings. The maximum atomic E-state index is 12.8. The highest BCUT2D eigenvalue weighted by atomic mass is 32.1. The number of carbonyl (C=O) groups excluding carboxylic acids is 1. The minimum absolute atomic E-state index is 0.0651. The van der Waals surface area contributed by atoms with Crippen molar-refractivity contribution in [2.24, 2.45) is 0 Å². The summed E-state index contributed by atoms with van der Waals surface area (Å²) in [5.74, 6) is 0.542. The first-order valence-corrected chi connectivity index (χ1v) is 9.90. The summed E-state index contributed by atoms with van der Waals surface area (Å²) < 4.78 is 7.06. The molecule has 0 bridgehead atoms. The van der Waals surface area contributed by atoms with E-state index in [0.717, 1.165) is 21.8 Å². The van der Waals surface area contributed by atoms with Crippen LogP contribution in [0.1, 0.15) is 5.56 Å². The van der Waals surface area contributed by atoms with Crippen molar-refractivity contribution in [3.8, 4) is 16.2 Å². The standard InChI is InChI=1S/C22H19N3O3S/c1-28-17-9-7-16(8-10-17)19-11-18-21(29-19)22(27)25(14-24-18)13-20(26)23-12-15-5-3-2-4-6-15/h2-11,14H,12-13H2,1H3,(H,23,26). The van der Waals surface area contributed by atoms with Crippen molar-refractivity contribution < 1.29 is 9.53 Å². The van der Waals surface area contributed by atoms with Crippen LogP contribution in [-0.4, -0.2) is 22.6 Å². The molecule has 0 unspecified atom stereocenters. The van der Waals surface area contributed by atoms with E-state index in [1.54, 1.807) is 7.11 Å². The van der Waals surface area contributed by atoms with Crippen LogP contribution in [0.5, 0.6) is 5.75 Å². The fourth-order valence-electron chi connectivity index (χ4n) is 2.96. The molecule has 4 rings (SSSR count). The number of fused-ring (bicyclic) bond motifs is 1. The third-order valence-electron chi connectivity index (χ3n) is 4.52. The summed E-state index contributed by atoms with van der Waals surface area (Å²) in [6.45, 7) is 0.356. The molecule has 0 radical (unpaired) electrons. The first-order chi connectivity index (χ1) is 14.1. The number of thiophene rings is 1. The lowest BCUT2D eigenvalue weighted by Crippen LogP contribution is -2.31. The Labute approximate surface area is 171 Å². The Morgan fingerprint density at radius 2 is 1.90 bits per heavy atom. The van der Waals surface area contributed by atoms with E-state index < -0.39 is 0 Å². The number of hydrogen-bond donors (Lipinski definition) is 1.